The lowest BCUT2D eigenvalue weighted by Crippen LogP contribution is -2.08. The first kappa shape index (κ1) is 13.2. The number of furan rings is 1. The standard InChI is InChI=1S/C16H18N2O/c1-10-5-6-14(9-17)16(7-10)18-12(3)15-8-11(2)19-13(15)4/h5-8,12,18H,1-4H3. The number of nitriles is 1. The highest BCUT2D eigenvalue weighted by Gasteiger charge is 2.14. The van der Waals surface area contributed by atoms with Gasteiger partial charge in [-0.2, -0.15) is 5.26 Å². The number of hydrogen-bond acceptors (Lipinski definition) is 3. The molecule has 0 saturated heterocycles. The summed E-state index contributed by atoms with van der Waals surface area (Å²) in [7, 11) is 0. The van der Waals surface area contributed by atoms with Crippen LogP contribution in [0.5, 0.6) is 0 Å². The molecule has 1 atom stereocenters. The predicted molar refractivity (Wildman–Crippen MR) is 76.1 cm³/mol. The molecule has 19 heavy (non-hydrogen) atoms. The van der Waals surface area contributed by atoms with Gasteiger partial charge in [-0.1, -0.05) is 6.07 Å². The summed E-state index contributed by atoms with van der Waals surface area (Å²) >= 11 is 0. The summed E-state index contributed by atoms with van der Waals surface area (Å²) in [5, 5.41) is 12.5. The van der Waals surface area contributed by atoms with Gasteiger partial charge in [0.05, 0.1) is 17.3 Å². The summed E-state index contributed by atoms with van der Waals surface area (Å²) < 4.78 is 5.55. The molecule has 1 aromatic carbocycles. The van der Waals surface area contributed by atoms with Crippen LogP contribution in [0.15, 0.2) is 28.7 Å². The number of anilines is 1. The van der Waals surface area contributed by atoms with Crippen LogP contribution in [-0.4, -0.2) is 0 Å². The Morgan fingerprint density at radius 2 is 1.95 bits per heavy atom. The zero-order chi connectivity index (χ0) is 14.0. The molecule has 0 saturated carbocycles. The Morgan fingerprint density at radius 3 is 2.53 bits per heavy atom. The van der Waals surface area contributed by atoms with Crippen molar-refractivity contribution < 1.29 is 4.42 Å². The van der Waals surface area contributed by atoms with E-state index in [1.54, 1.807) is 0 Å². The molecule has 2 aromatic rings. The first-order valence-electron chi connectivity index (χ1n) is 6.35. The fourth-order valence-corrected chi connectivity index (χ4v) is 2.27. The van der Waals surface area contributed by atoms with Gasteiger partial charge < -0.3 is 9.73 Å². The molecule has 1 N–H and O–H groups in total. The van der Waals surface area contributed by atoms with Crippen molar-refractivity contribution in [2.45, 2.75) is 33.7 Å². The molecule has 1 aromatic heterocycles. The molecule has 0 fully saturated rings. The molecule has 0 bridgehead atoms. The third-order valence-corrected chi connectivity index (χ3v) is 3.21. The van der Waals surface area contributed by atoms with Gasteiger partial charge in [-0.3, -0.25) is 0 Å². The van der Waals surface area contributed by atoms with Crippen LogP contribution in [0.25, 0.3) is 0 Å². The van der Waals surface area contributed by atoms with Gasteiger partial charge in [0.1, 0.15) is 17.6 Å². The van der Waals surface area contributed by atoms with Crippen molar-refractivity contribution >= 4 is 5.69 Å². The Labute approximate surface area is 113 Å². The average molecular weight is 254 g/mol. The second-order valence-corrected chi connectivity index (χ2v) is 4.90. The Hall–Kier alpha value is -2.21. The van der Waals surface area contributed by atoms with Crippen molar-refractivity contribution in [3.05, 3.63) is 52.5 Å². The average Bonchev–Trinajstić information content (AvgIpc) is 2.69. The second kappa shape index (κ2) is 5.19. The highest BCUT2D eigenvalue weighted by molar-refractivity contribution is 5.59. The molecule has 0 spiro atoms. The zero-order valence-corrected chi connectivity index (χ0v) is 11.7. The summed E-state index contributed by atoms with van der Waals surface area (Å²) in [6, 6.07) is 10.1. The quantitative estimate of drug-likeness (QED) is 0.890. The minimum absolute atomic E-state index is 0.103. The fourth-order valence-electron chi connectivity index (χ4n) is 2.27. The predicted octanol–water partition coefficient (Wildman–Crippen LogP) is 4.25. The maximum Gasteiger partial charge on any atom is 0.106 e. The van der Waals surface area contributed by atoms with E-state index in [-0.39, 0.29) is 6.04 Å². The zero-order valence-electron chi connectivity index (χ0n) is 11.7. The van der Waals surface area contributed by atoms with Crippen molar-refractivity contribution in [1.82, 2.24) is 0 Å². The summed E-state index contributed by atoms with van der Waals surface area (Å²) in [5.74, 6) is 1.83. The Bertz CT molecular complexity index is 635. The molecule has 1 unspecified atom stereocenters. The van der Waals surface area contributed by atoms with Gasteiger partial charge in [0.15, 0.2) is 0 Å². The van der Waals surface area contributed by atoms with Gasteiger partial charge in [-0.25, -0.2) is 0 Å². The topological polar surface area (TPSA) is 49.0 Å². The normalized spacial score (nSPS) is 11.9. The van der Waals surface area contributed by atoms with Crippen molar-refractivity contribution in [1.29, 1.82) is 5.26 Å². The van der Waals surface area contributed by atoms with E-state index in [0.717, 1.165) is 28.3 Å². The summed E-state index contributed by atoms with van der Waals surface area (Å²) in [5.41, 5.74) is 3.79. The smallest absolute Gasteiger partial charge is 0.106 e. The van der Waals surface area contributed by atoms with E-state index < -0.39 is 0 Å². The number of nitrogens with zero attached hydrogens (tertiary/aromatic N) is 1. The molecule has 3 heteroatoms. The first-order chi connectivity index (χ1) is 9.01. The Morgan fingerprint density at radius 1 is 1.21 bits per heavy atom. The van der Waals surface area contributed by atoms with Gasteiger partial charge in [0.25, 0.3) is 0 Å². The van der Waals surface area contributed by atoms with Crippen molar-refractivity contribution in [2.24, 2.45) is 0 Å². The van der Waals surface area contributed by atoms with Crippen LogP contribution in [0.1, 0.15) is 41.2 Å². The van der Waals surface area contributed by atoms with Crippen LogP contribution in [-0.2, 0) is 0 Å². The molecule has 98 valence electrons. The Kier molecular flexibility index (Phi) is 3.62. The minimum atomic E-state index is 0.103. The van der Waals surface area contributed by atoms with E-state index in [1.807, 2.05) is 45.0 Å². The third kappa shape index (κ3) is 2.79. The van der Waals surface area contributed by atoms with E-state index in [2.05, 4.69) is 18.3 Å². The largest absolute Gasteiger partial charge is 0.466 e. The van der Waals surface area contributed by atoms with Gasteiger partial charge in [-0.05, 0) is 51.5 Å². The SMILES string of the molecule is Cc1ccc(C#N)c(NC(C)c2cc(C)oc2C)c1. The lowest BCUT2D eigenvalue weighted by Gasteiger charge is -2.16. The van der Waals surface area contributed by atoms with Gasteiger partial charge in [0, 0.05) is 5.56 Å². The lowest BCUT2D eigenvalue weighted by atomic mass is 10.1. The van der Waals surface area contributed by atoms with Crippen LogP contribution in [0.2, 0.25) is 0 Å². The molecule has 3 nitrogen and oxygen atoms in total. The molecule has 0 radical (unpaired) electrons. The fraction of sp³-hybridized carbons (Fsp3) is 0.312. The van der Waals surface area contributed by atoms with Crippen molar-refractivity contribution in [3.8, 4) is 6.07 Å². The molecular formula is C16H18N2O. The van der Waals surface area contributed by atoms with Gasteiger partial charge in [-0.15, -0.1) is 0 Å². The van der Waals surface area contributed by atoms with Crippen molar-refractivity contribution in [2.75, 3.05) is 5.32 Å². The highest BCUT2D eigenvalue weighted by Crippen LogP contribution is 2.26. The highest BCUT2D eigenvalue weighted by atomic mass is 16.3. The van der Waals surface area contributed by atoms with Crippen LogP contribution in [0.4, 0.5) is 5.69 Å². The first-order valence-corrected chi connectivity index (χ1v) is 6.35. The van der Waals surface area contributed by atoms with Crippen LogP contribution < -0.4 is 5.32 Å². The van der Waals surface area contributed by atoms with Crippen LogP contribution in [0, 0.1) is 32.1 Å². The molecule has 0 amide bonds. The maximum absolute atomic E-state index is 9.14. The van der Waals surface area contributed by atoms with Crippen molar-refractivity contribution in [3.63, 3.8) is 0 Å². The monoisotopic (exact) mass is 254 g/mol. The number of rotatable bonds is 3. The molecule has 0 aliphatic heterocycles. The van der Waals surface area contributed by atoms with E-state index in [4.69, 9.17) is 9.68 Å². The minimum Gasteiger partial charge on any atom is -0.466 e. The van der Waals surface area contributed by atoms with E-state index in [9.17, 15) is 0 Å². The second-order valence-electron chi connectivity index (χ2n) is 4.90. The number of aryl methyl sites for hydroxylation is 3. The lowest BCUT2D eigenvalue weighted by molar-refractivity contribution is 0.500. The van der Waals surface area contributed by atoms with Gasteiger partial charge in [0.2, 0.25) is 0 Å². The van der Waals surface area contributed by atoms with Crippen LogP contribution >= 0.6 is 0 Å². The third-order valence-electron chi connectivity index (χ3n) is 3.21. The summed E-state index contributed by atoms with van der Waals surface area (Å²) in [6.07, 6.45) is 0. The molecule has 0 aliphatic rings. The van der Waals surface area contributed by atoms with E-state index in [1.165, 1.54) is 0 Å². The van der Waals surface area contributed by atoms with E-state index in [0.29, 0.717) is 5.56 Å². The summed E-state index contributed by atoms with van der Waals surface area (Å²) in [4.78, 5) is 0. The summed E-state index contributed by atoms with van der Waals surface area (Å²) in [6.45, 7) is 7.99. The van der Waals surface area contributed by atoms with E-state index >= 15 is 0 Å². The molecular weight excluding hydrogens is 236 g/mol. The molecule has 2 rings (SSSR count). The van der Waals surface area contributed by atoms with Crippen LogP contribution in [0.3, 0.4) is 0 Å². The molecule has 1 heterocycles. The maximum atomic E-state index is 9.14. The molecule has 0 aliphatic carbocycles. The number of benzene rings is 1. The van der Waals surface area contributed by atoms with Gasteiger partial charge >= 0.3 is 0 Å². The number of nitrogens with one attached hydrogen (secondary N) is 1. The number of hydrogen-bond donors (Lipinski definition) is 1. The Balaban J connectivity index is 2.29.